The first-order valence-electron chi connectivity index (χ1n) is 12.4. The normalized spacial score (nSPS) is 17.5. The van der Waals surface area contributed by atoms with Crippen LogP contribution in [0.25, 0.3) is 0 Å². The van der Waals surface area contributed by atoms with E-state index in [0.717, 1.165) is 23.7 Å². The van der Waals surface area contributed by atoms with Gasteiger partial charge in [0, 0.05) is 29.8 Å². The average molecular weight is 497 g/mol. The van der Waals surface area contributed by atoms with Gasteiger partial charge >= 0.3 is 0 Å². The summed E-state index contributed by atoms with van der Waals surface area (Å²) in [5, 5.41) is 4.27. The molecule has 2 aromatic heterocycles. The third-order valence-electron chi connectivity index (χ3n) is 6.70. The number of aromatic nitrogens is 2. The Morgan fingerprint density at radius 3 is 2.36 bits per heavy atom. The van der Waals surface area contributed by atoms with Crippen molar-refractivity contribution >= 4 is 23.0 Å². The number of pyridine rings is 1. The van der Waals surface area contributed by atoms with Crippen molar-refractivity contribution in [1.29, 1.82) is 0 Å². The Hall–Kier alpha value is -3.64. The van der Waals surface area contributed by atoms with Gasteiger partial charge in [-0.3, -0.25) is 4.98 Å². The summed E-state index contributed by atoms with van der Waals surface area (Å²) in [5.41, 5.74) is 6.99. The zero-order chi connectivity index (χ0) is 25.2. The van der Waals surface area contributed by atoms with E-state index in [2.05, 4.69) is 83.2 Å². The number of aryl methyl sites for hydroxylation is 1. The molecule has 2 aromatic carbocycles. The van der Waals surface area contributed by atoms with E-state index in [0.29, 0.717) is 5.11 Å². The number of benzene rings is 2. The third-order valence-corrected chi connectivity index (χ3v) is 7.01. The van der Waals surface area contributed by atoms with Crippen molar-refractivity contribution in [2.75, 3.05) is 4.90 Å². The Morgan fingerprint density at radius 2 is 1.69 bits per heavy atom. The molecule has 2 atom stereocenters. The topological polar surface area (TPSA) is 42.3 Å². The fourth-order valence-corrected chi connectivity index (χ4v) is 5.39. The van der Waals surface area contributed by atoms with E-state index in [4.69, 9.17) is 21.9 Å². The summed E-state index contributed by atoms with van der Waals surface area (Å²) in [5.74, 6) is 0.852. The van der Waals surface area contributed by atoms with Crippen LogP contribution < -0.4 is 15.0 Å². The molecule has 1 N–H and O–H groups in total. The summed E-state index contributed by atoms with van der Waals surface area (Å²) in [6.45, 7) is 9.29. The first-order valence-corrected chi connectivity index (χ1v) is 12.8. The number of nitrogens with one attached hydrogen (secondary N) is 1. The van der Waals surface area contributed by atoms with Gasteiger partial charge in [-0.25, -0.2) is 0 Å². The lowest BCUT2D eigenvalue weighted by atomic mass is 9.96. The highest BCUT2D eigenvalue weighted by molar-refractivity contribution is 7.80. The maximum Gasteiger partial charge on any atom is 0.174 e. The molecule has 1 aliphatic heterocycles. The third kappa shape index (κ3) is 4.73. The van der Waals surface area contributed by atoms with Crippen LogP contribution in [0.1, 0.15) is 54.1 Å². The van der Waals surface area contributed by atoms with Crippen molar-refractivity contribution in [2.24, 2.45) is 0 Å². The largest absolute Gasteiger partial charge is 0.491 e. The predicted molar refractivity (Wildman–Crippen MR) is 150 cm³/mol. The van der Waals surface area contributed by atoms with Gasteiger partial charge in [-0.1, -0.05) is 36.4 Å². The molecular weight excluding hydrogens is 464 g/mol. The van der Waals surface area contributed by atoms with Gasteiger partial charge in [0.05, 0.1) is 23.9 Å². The minimum absolute atomic E-state index is 0.0417. The first-order chi connectivity index (χ1) is 17.4. The Morgan fingerprint density at radius 1 is 0.972 bits per heavy atom. The van der Waals surface area contributed by atoms with E-state index in [1.807, 2.05) is 44.3 Å². The van der Waals surface area contributed by atoms with Crippen molar-refractivity contribution in [3.8, 4) is 5.75 Å². The molecule has 5 nitrogen and oxygen atoms in total. The van der Waals surface area contributed by atoms with Gasteiger partial charge < -0.3 is 19.5 Å². The van der Waals surface area contributed by atoms with Crippen LogP contribution in [0.15, 0.2) is 85.1 Å². The summed E-state index contributed by atoms with van der Waals surface area (Å²) in [4.78, 5) is 6.92. The van der Waals surface area contributed by atoms with E-state index in [1.165, 1.54) is 22.5 Å². The van der Waals surface area contributed by atoms with Crippen molar-refractivity contribution in [2.45, 2.75) is 52.4 Å². The Balaban J connectivity index is 1.57. The fraction of sp³-hybridized carbons (Fsp3) is 0.267. The van der Waals surface area contributed by atoms with Gasteiger partial charge in [0.2, 0.25) is 0 Å². The van der Waals surface area contributed by atoms with Crippen LogP contribution in [0.3, 0.4) is 0 Å². The number of rotatable bonds is 7. The summed E-state index contributed by atoms with van der Waals surface area (Å²) in [6, 6.07) is 27.0. The van der Waals surface area contributed by atoms with Crippen LogP contribution in [0.4, 0.5) is 5.69 Å². The molecule has 1 aliphatic rings. The monoisotopic (exact) mass is 496 g/mol. The second kappa shape index (κ2) is 10.2. The molecule has 3 heterocycles. The van der Waals surface area contributed by atoms with E-state index in [9.17, 15) is 0 Å². The van der Waals surface area contributed by atoms with Gasteiger partial charge in [0.15, 0.2) is 5.11 Å². The molecule has 1 saturated heterocycles. The standard InChI is InChI=1S/C30H32N4OS/c1-20(2)35-25-15-13-24(14-16-25)34-29(28(32-30(34)36)27-12-8-9-17-31-27)26-18-21(3)33(22(26)4)19-23-10-6-5-7-11-23/h5-18,20,28-29H,19H2,1-4H3,(H,32,36)/t28-,29+/m1/s1. The molecule has 1 fully saturated rings. The molecule has 0 amide bonds. The van der Waals surface area contributed by atoms with Crippen molar-refractivity contribution in [3.05, 3.63) is 113 Å². The number of thiocarbonyl (C=S) groups is 1. The van der Waals surface area contributed by atoms with Gasteiger partial charge in [0.25, 0.3) is 0 Å². The predicted octanol–water partition coefficient (Wildman–Crippen LogP) is 6.51. The van der Waals surface area contributed by atoms with Crippen molar-refractivity contribution < 1.29 is 4.74 Å². The molecule has 4 aromatic rings. The summed E-state index contributed by atoms with van der Waals surface area (Å²) < 4.78 is 8.26. The Kier molecular flexibility index (Phi) is 6.79. The number of hydrogen-bond donors (Lipinski definition) is 1. The highest BCUT2D eigenvalue weighted by Gasteiger charge is 2.42. The van der Waals surface area contributed by atoms with Gasteiger partial charge in [-0.05, 0) is 93.5 Å². The van der Waals surface area contributed by atoms with Gasteiger partial charge in [0.1, 0.15) is 5.75 Å². The molecule has 0 bridgehead atoms. The number of nitrogens with zero attached hydrogens (tertiary/aromatic N) is 3. The van der Waals surface area contributed by atoms with Crippen molar-refractivity contribution in [3.63, 3.8) is 0 Å². The molecule has 6 heteroatoms. The molecular formula is C30H32N4OS. The van der Waals surface area contributed by atoms with Crippen LogP contribution in [0, 0.1) is 13.8 Å². The molecule has 0 saturated carbocycles. The van der Waals surface area contributed by atoms with Crippen molar-refractivity contribution in [1.82, 2.24) is 14.9 Å². The molecule has 5 rings (SSSR count). The summed E-state index contributed by atoms with van der Waals surface area (Å²) >= 11 is 5.92. The SMILES string of the molecule is Cc1cc([C@H]2[C@@H](c3ccccn3)NC(=S)N2c2ccc(OC(C)C)cc2)c(C)n1Cc1ccccc1. The van der Waals surface area contributed by atoms with Crippen LogP contribution in [-0.4, -0.2) is 20.8 Å². The number of anilines is 1. The fourth-order valence-electron chi connectivity index (χ4n) is 5.04. The Labute approximate surface area is 218 Å². The maximum absolute atomic E-state index is 5.92. The first kappa shape index (κ1) is 24.1. The van der Waals surface area contributed by atoms with Crippen LogP contribution >= 0.6 is 12.2 Å². The Bertz CT molecular complexity index is 1330. The molecule has 184 valence electrons. The van der Waals surface area contributed by atoms with Crippen LogP contribution in [0.5, 0.6) is 5.75 Å². The lowest BCUT2D eigenvalue weighted by molar-refractivity contribution is 0.242. The number of hydrogen-bond acceptors (Lipinski definition) is 3. The van der Waals surface area contributed by atoms with Crippen LogP contribution in [0.2, 0.25) is 0 Å². The second-order valence-corrected chi connectivity index (χ2v) is 9.94. The minimum Gasteiger partial charge on any atom is -0.491 e. The van der Waals surface area contributed by atoms with Gasteiger partial charge in [-0.2, -0.15) is 0 Å². The lowest BCUT2D eigenvalue weighted by Gasteiger charge is -2.28. The number of ether oxygens (including phenoxy) is 1. The highest BCUT2D eigenvalue weighted by atomic mass is 32.1. The second-order valence-electron chi connectivity index (χ2n) is 9.56. The van der Waals surface area contributed by atoms with E-state index < -0.39 is 0 Å². The average Bonchev–Trinajstić information content (AvgIpc) is 3.36. The van der Waals surface area contributed by atoms with Gasteiger partial charge in [-0.15, -0.1) is 0 Å². The quantitative estimate of drug-likeness (QED) is 0.295. The molecule has 0 unspecified atom stereocenters. The zero-order valence-corrected chi connectivity index (χ0v) is 22.0. The lowest BCUT2D eigenvalue weighted by Crippen LogP contribution is -2.29. The molecule has 36 heavy (non-hydrogen) atoms. The van der Waals surface area contributed by atoms with E-state index >= 15 is 0 Å². The minimum atomic E-state index is -0.0732. The van der Waals surface area contributed by atoms with E-state index in [-0.39, 0.29) is 18.2 Å². The van der Waals surface area contributed by atoms with Crippen LogP contribution in [-0.2, 0) is 6.54 Å². The molecule has 0 spiro atoms. The smallest absolute Gasteiger partial charge is 0.174 e. The zero-order valence-electron chi connectivity index (χ0n) is 21.2. The maximum atomic E-state index is 5.92. The summed E-state index contributed by atoms with van der Waals surface area (Å²) in [7, 11) is 0. The molecule has 0 aliphatic carbocycles. The highest BCUT2D eigenvalue weighted by Crippen LogP contribution is 2.43. The van der Waals surface area contributed by atoms with E-state index in [1.54, 1.807) is 0 Å². The summed E-state index contributed by atoms with van der Waals surface area (Å²) in [6.07, 6.45) is 1.97. The molecule has 0 radical (unpaired) electrons.